The number of methoxy groups -OCH3 is 1. The van der Waals surface area contributed by atoms with Gasteiger partial charge >= 0.3 is 30.8 Å². The summed E-state index contributed by atoms with van der Waals surface area (Å²) in [7, 11) is 1.56. The van der Waals surface area contributed by atoms with Crippen molar-refractivity contribution in [3.8, 4) is 0 Å². The van der Waals surface area contributed by atoms with E-state index in [2.05, 4.69) is 33.2 Å². The Labute approximate surface area is 316 Å². The van der Waals surface area contributed by atoms with Crippen LogP contribution in [0.15, 0.2) is 73.0 Å². The third-order valence-corrected chi connectivity index (χ3v) is 7.06. The maximum Gasteiger partial charge on any atom is 0.513 e. The summed E-state index contributed by atoms with van der Waals surface area (Å²) in [6.45, 7) is 4.93. The molecule has 5 aliphatic heterocycles. The molecule has 0 aliphatic carbocycles. The molecule has 0 radical (unpaired) electrons. The van der Waals surface area contributed by atoms with Gasteiger partial charge in [0.1, 0.15) is 58.0 Å². The van der Waals surface area contributed by atoms with Crippen molar-refractivity contribution in [3.05, 3.63) is 84.1 Å². The molecule has 0 amide bonds. The topological polar surface area (TPSA) is 226 Å². The number of aliphatic hydroxyl groups is 1. The molecule has 19 nitrogen and oxygen atoms in total. The van der Waals surface area contributed by atoms with Crippen molar-refractivity contribution < 1.29 is 90.7 Å². The highest BCUT2D eigenvalue weighted by Gasteiger charge is 2.32. The van der Waals surface area contributed by atoms with Crippen LogP contribution in [0.5, 0.6) is 0 Å². The van der Waals surface area contributed by atoms with Gasteiger partial charge in [0.05, 0.1) is 32.7 Å². The number of ether oxygens (including phenoxy) is 13. The van der Waals surface area contributed by atoms with Gasteiger partial charge in [-0.25, -0.2) is 24.0 Å². The molecule has 2 unspecified atom stereocenters. The van der Waals surface area contributed by atoms with Gasteiger partial charge < -0.3 is 66.7 Å². The lowest BCUT2D eigenvalue weighted by Crippen LogP contribution is -2.44. The minimum Gasteiger partial charge on any atom is -0.431 e. The second-order valence-electron chi connectivity index (χ2n) is 11.6. The van der Waals surface area contributed by atoms with Gasteiger partial charge in [0.15, 0.2) is 12.2 Å². The largest absolute Gasteiger partial charge is 0.513 e. The van der Waals surface area contributed by atoms with Crippen LogP contribution in [0, 0.1) is 0 Å². The zero-order valence-corrected chi connectivity index (χ0v) is 30.2. The summed E-state index contributed by atoms with van der Waals surface area (Å²) < 4.78 is 61.3. The number of benzene rings is 2. The van der Waals surface area contributed by atoms with Crippen molar-refractivity contribution in [1.29, 1.82) is 0 Å². The smallest absolute Gasteiger partial charge is 0.431 e. The third-order valence-electron chi connectivity index (χ3n) is 7.06. The molecule has 5 heterocycles. The van der Waals surface area contributed by atoms with E-state index in [0.717, 1.165) is 11.1 Å². The number of hydrogen-bond acceptors (Lipinski definition) is 19. The lowest BCUT2D eigenvalue weighted by atomic mass is 10.1. The number of aliphatic hydroxyl groups excluding tert-OH is 1. The SMILES string of the molecule is COC1(C)COC(=O)OC1.O=C1OC=CCO1.O=C1OCC(CO)O1.O=C1OCC(COCc2ccccc2)O1.O=C1OCC(OCc2ccccc2)CO1. The molecule has 0 saturated carbocycles. The van der Waals surface area contributed by atoms with Crippen molar-refractivity contribution in [2.75, 3.05) is 66.6 Å². The van der Waals surface area contributed by atoms with Crippen molar-refractivity contribution in [2.24, 2.45) is 0 Å². The van der Waals surface area contributed by atoms with Gasteiger partial charge in [-0.15, -0.1) is 0 Å². The molecule has 4 saturated heterocycles. The normalized spacial score (nSPS) is 20.5. The predicted octanol–water partition coefficient (Wildman–Crippen LogP) is 4.22. The van der Waals surface area contributed by atoms with Gasteiger partial charge in [-0.05, 0) is 24.1 Å². The molecule has 4 fully saturated rings. The Bertz CT molecular complexity index is 1460. The minimum absolute atomic E-state index is 0.161. The highest BCUT2D eigenvalue weighted by atomic mass is 16.8. The molecule has 2 aromatic rings. The van der Waals surface area contributed by atoms with Gasteiger partial charge in [0, 0.05) is 7.11 Å². The summed E-state index contributed by atoms with van der Waals surface area (Å²) in [5.41, 5.74) is 1.73. The Hall–Kier alpha value is -5.63. The van der Waals surface area contributed by atoms with E-state index >= 15 is 0 Å². The van der Waals surface area contributed by atoms with E-state index in [1.165, 1.54) is 6.26 Å². The molecule has 2 aromatic carbocycles. The quantitative estimate of drug-likeness (QED) is 0.278. The maximum absolute atomic E-state index is 10.6. The summed E-state index contributed by atoms with van der Waals surface area (Å²) in [6.07, 6.45) is -1.10. The van der Waals surface area contributed by atoms with Gasteiger partial charge in [-0.1, -0.05) is 60.7 Å². The van der Waals surface area contributed by atoms with E-state index in [9.17, 15) is 24.0 Å². The van der Waals surface area contributed by atoms with E-state index < -0.39 is 42.5 Å². The molecule has 55 heavy (non-hydrogen) atoms. The first-order valence-electron chi connectivity index (χ1n) is 16.7. The number of cyclic esters (lactones) is 10. The lowest BCUT2D eigenvalue weighted by Gasteiger charge is -2.30. The Balaban J connectivity index is 0.000000191. The van der Waals surface area contributed by atoms with Crippen molar-refractivity contribution >= 4 is 30.8 Å². The molecule has 0 aromatic heterocycles. The minimum atomic E-state index is -0.691. The van der Waals surface area contributed by atoms with E-state index in [1.54, 1.807) is 13.2 Å². The molecule has 7 rings (SSSR count). The number of hydrogen-bond donors (Lipinski definition) is 1. The standard InChI is InChI=1S/2C11H12O4.C6H10O4.C4H6O4.C4H4O3/c12-11-14-7-10(8-15-11)13-6-9-4-2-1-3-5-9;12-11-14-8-10(15-11)7-13-6-9-4-2-1-3-5-9;1-6(8-2)3-9-5(7)10-4-6;5-1-3-2-7-4(6)8-3;5-4-6-2-1-3-7-4/h2*1-5,10H,6-8H2;3-4H2,1-2H3;3,5H,1-2H2;1-2H,3H2. The first-order chi connectivity index (χ1) is 26.6. The highest BCUT2D eigenvalue weighted by molar-refractivity contribution is 5.62. The Morgan fingerprint density at radius 2 is 1.18 bits per heavy atom. The van der Waals surface area contributed by atoms with E-state index in [0.29, 0.717) is 26.4 Å². The van der Waals surface area contributed by atoms with Crippen LogP contribution in [0.1, 0.15) is 18.1 Å². The van der Waals surface area contributed by atoms with E-state index in [1.807, 2.05) is 67.6 Å². The Kier molecular flexibility index (Phi) is 19.6. The van der Waals surface area contributed by atoms with Crippen LogP contribution in [0.25, 0.3) is 0 Å². The van der Waals surface area contributed by atoms with Crippen LogP contribution in [-0.4, -0.2) is 126 Å². The molecule has 302 valence electrons. The second kappa shape index (κ2) is 24.6. The molecular weight excluding hydrogens is 736 g/mol. The lowest BCUT2D eigenvalue weighted by molar-refractivity contribution is -0.126. The zero-order valence-electron chi connectivity index (χ0n) is 30.2. The zero-order chi connectivity index (χ0) is 39.7. The van der Waals surface area contributed by atoms with Crippen LogP contribution in [0.3, 0.4) is 0 Å². The molecule has 1 N–H and O–H groups in total. The van der Waals surface area contributed by atoms with Crippen LogP contribution < -0.4 is 0 Å². The van der Waals surface area contributed by atoms with Crippen molar-refractivity contribution in [1.82, 2.24) is 0 Å². The fourth-order valence-corrected chi connectivity index (χ4v) is 4.00. The van der Waals surface area contributed by atoms with E-state index in [4.69, 9.17) is 33.5 Å². The second-order valence-corrected chi connectivity index (χ2v) is 11.6. The van der Waals surface area contributed by atoms with E-state index in [-0.39, 0.29) is 58.5 Å². The van der Waals surface area contributed by atoms with Gasteiger partial charge in [0.2, 0.25) is 0 Å². The molecule has 0 bridgehead atoms. The highest BCUT2D eigenvalue weighted by Crippen LogP contribution is 2.15. The fourth-order valence-electron chi connectivity index (χ4n) is 4.00. The molecule has 2 atom stereocenters. The van der Waals surface area contributed by atoms with Crippen LogP contribution >= 0.6 is 0 Å². The number of carbonyl (C=O) groups is 5. The first-order valence-corrected chi connectivity index (χ1v) is 16.7. The summed E-state index contributed by atoms with van der Waals surface area (Å²) in [5, 5.41) is 8.33. The molecule has 5 aliphatic rings. The third kappa shape index (κ3) is 18.8. The van der Waals surface area contributed by atoms with Crippen molar-refractivity contribution in [3.63, 3.8) is 0 Å². The molecule has 0 spiro atoms. The first kappa shape index (κ1) is 43.8. The molecule has 19 heteroatoms. The average Bonchev–Trinajstić information content (AvgIpc) is 3.85. The van der Waals surface area contributed by atoms with Gasteiger partial charge in [-0.2, -0.15) is 0 Å². The molecular formula is C36H44O19. The Morgan fingerprint density at radius 1 is 0.655 bits per heavy atom. The van der Waals surface area contributed by atoms with Crippen LogP contribution in [0.4, 0.5) is 24.0 Å². The summed E-state index contributed by atoms with van der Waals surface area (Å²) in [6, 6.07) is 19.7. The monoisotopic (exact) mass is 780 g/mol. The van der Waals surface area contributed by atoms with Crippen molar-refractivity contribution in [2.45, 2.75) is 44.1 Å². The fraction of sp³-hybridized carbons (Fsp3) is 0.472. The number of carbonyl (C=O) groups excluding carboxylic acids is 5. The van der Waals surface area contributed by atoms with Crippen LogP contribution in [-0.2, 0) is 74.8 Å². The van der Waals surface area contributed by atoms with Gasteiger partial charge in [0.25, 0.3) is 0 Å². The van der Waals surface area contributed by atoms with Crippen LogP contribution in [0.2, 0.25) is 0 Å². The van der Waals surface area contributed by atoms with Gasteiger partial charge in [-0.3, -0.25) is 0 Å². The Morgan fingerprint density at radius 3 is 1.62 bits per heavy atom. The number of rotatable bonds is 9. The predicted molar refractivity (Wildman–Crippen MR) is 182 cm³/mol. The average molecular weight is 781 g/mol. The summed E-state index contributed by atoms with van der Waals surface area (Å²) >= 11 is 0. The summed E-state index contributed by atoms with van der Waals surface area (Å²) in [5.74, 6) is 0. The maximum atomic E-state index is 10.6. The summed E-state index contributed by atoms with van der Waals surface area (Å²) in [4.78, 5) is 51.6.